The van der Waals surface area contributed by atoms with E-state index in [4.69, 9.17) is 4.74 Å². The predicted octanol–water partition coefficient (Wildman–Crippen LogP) is 2.42. The molecule has 5 heteroatoms. The summed E-state index contributed by atoms with van der Waals surface area (Å²) in [4.78, 5) is 17.0. The molecule has 0 bridgehead atoms. The van der Waals surface area contributed by atoms with Crippen molar-refractivity contribution in [3.8, 4) is 5.75 Å². The van der Waals surface area contributed by atoms with Gasteiger partial charge in [0, 0.05) is 29.7 Å². The monoisotopic (exact) mass is 313 g/mol. The number of aromatic nitrogens is 1. The van der Waals surface area contributed by atoms with Crippen LogP contribution in [0.2, 0.25) is 0 Å². The summed E-state index contributed by atoms with van der Waals surface area (Å²) in [7, 11) is 1.63. The van der Waals surface area contributed by atoms with Crippen LogP contribution in [0.15, 0.2) is 24.3 Å². The predicted molar refractivity (Wildman–Crippen MR) is 91.0 cm³/mol. The molecule has 1 aliphatic rings. The van der Waals surface area contributed by atoms with Gasteiger partial charge in [-0.3, -0.25) is 9.78 Å². The minimum absolute atomic E-state index is 0.0383. The molecule has 1 fully saturated rings. The number of methoxy groups -OCH3 is 1. The molecule has 0 radical (unpaired) electrons. The van der Waals surface area contributed by atoms with Crippen molar-refractivity contribution in [1.29, 1.82) is 0 Å². The zero-order chi connectivity index (χ0) is 16.2. The van der Waals surface area contributed by atoms with Gasteiger partial charge in [-0.25, -0.2) is 0 Å². The van der Waals surface area contributed by atoms with Crippen molar-refractivity contribution in [2.24, 2.45) is 0 Å². The Morgan fingerprint density at radius 2 is 2.30 bits per heavy atom. The van der Waals surface area contributed by atoms with E-state index >= 15 is 0 Å². The largest absolute Gasteiger partial charge is 0.497 e. The van der Waals surface area contributed by atoms with Gasteiger partial charge in [0.05, 0.1) is 18.2 Å². The fourth-order valence-electron chi connectivity index (χ4n) is 3.11. The third kappa shape index (κ3) is 3.62. The van der Waals surface area contributed by atoms with Gasteiger partial charge in [0.2, 0.25) is 0 Å². The highest BCUT2D eigenvalue weighted by atomic mass is 16.5. The fraction of sp³-hybridized carbons (Fsp3) is 0.444. The number of benzene rings is 1. The maximum absolute atomic E-state index is 12.5. The van der Waals surface area contributed by atoms with Crippen LogP contribution in [-0.2, 0) is 0 Å². The molecule has 0 aliphatic carbocycles. The molecule has 1 aromatic carbocycles. The van der Waals surface area contributed by atoms with Crippen molar-refractivity contribution >= 4 is 16.8 Å². The fourth-order valence-corrected chi connectivity index (χ4v) is 3.11. The lowest BCUT2D eigenvalue weighted by molar-refractivity contribution is 0.0954. The summed E-state index contributed by atoms with van der Waals surface area (Å²) in [5.74, 6) is 0.706. The Morgan fingerprint density at radius 1 is 1.43 bits per heavy atom. The highest BCUT2D eigenvalue weighted by molar-refractivity contribution is 6.06. The molecule has 122 valence electrons. The molecule has 5 nitrogen and oxygen atoms in total. The Balaban J connectivity index is 1.76. The van der Waals surface area contributed by atoms with Crippen molar-refractivity contribution in [2.75, 3.05) is 20.2 Å². The average molecular weight is 313 g/mol. The van der Waals surface area contributed by atoms with E-state index in [0.717, 1.165) is 35.3 Å². The van der Waals surface area contributed by atoms with E-state index in [1.807, 2.05) is 31.2 Å². The number of amides is 1. The van der Waals surface area contributed by atoms with Crippen molar-refractivity contribution in [1.82, 2.24) is 15.6 Å². The van der Waals surface area contributed by atoms with E-state index in [0.29, 0.717) is 18.2 Å². The molecule has 2 heterocycles. The lowest BCUT2D eigenvalue weighted by Crippen LogP contribution is -2.30. The lowest BCUT2D eigenvalue weighted by Gasteiger charge is -2.12. The first-order valence-electron chi connectivity index (χ1n) is 8.14. The number of aryl methyl sites for hydroxylation is 1. The Morgan fingerprint density at radius 3 is 3.04 bits per heavy atom. The first kappa shape index (κ1) is 15.7. The quantitative estimate of drug-likeness (QED) is 0.890. The summed E-state index contributed by atoms with van der Waals surface area (Å²) in [5.41, 5.74) is 2.29. The minimum atomic E-state index is -0.0383. The van der Waals surface area contributed by atoms with Crippen LogP contribution < -0.4 is 15.4 Å². The van der Waals surface area contributed by atoms with E-state index < -0.39 is 0 Å². The SMILES string of the molecule is COc1ccc2c(C(=O)NCC[C@H]3CCCN3)cc(C)nc2c1. The van der Waals surface area contributed by atoms with Crippen LogP contribution in [0.3, 0.4) is 0 Å². The van der Waals surface area contributed by atoms with Crippen LogP contribution in [0.25, 0.3) is 10.9 Å². The minimum Gasteiger partial charge on any atom is -0.497 e. The number of rotatable bonds is 5. The topological polar surface area (TPSA) is 63.2 Å². The Kier molecular flexibility index (Phi) is 4.76. The number of carbonyl (C=O) groups excluding carboxylic acids is 1. The zero-order valence-electron chi connectivity index (χ0n) is 13.7. The highest BCUT2D eigenvalue weighted by Gasteiger charge is 2.15. The van der Waals surface area contributed by atoms with Crippen LogP contribution in [0.1, 0.15) is 35.3 Å². The van der Waals surface area contributed by atoms with Gasteiger partial charge in [-0.15, -0.1) is 0 Å². The number of fused-ring (bicyclic) bond motifs is 1. The number of ether oxygens (including phenoxy) is 1. The van der Waals surface area contributed by atoms with E-state index in [9.17, 15) is 4.79 Å². The average Bonchev–Trinajstić information content (AvgIpc) is 3.06. The number of nitrogens with one attached hydrogen (secondary N) is 2. The van der Waals surface area contributed by atoms with Crippen molar-refractivity contribution in [3.05, 3.63) is 35.5 Å². The molecule has 0 unspecified atom stereocenters. The van der Waals surface area contributed by atoms with E-state index in [1.54, 1.807) is 7.11 Å². The number of carbonyl (C=O) groups is 1. The van der Waals surface area contributed by atoms with Crippen LogP contribution in [0, 0.1) is 6.92 Å². The number of pyridine rings is 1. The molecule has 1 saturated heterocycles. The highest BCUT2D eigenvalue weighted by Crippen LogP contribution is 2.23. The van der Waals surface area contributed by atoms with Gasteiger partial charge in [0.1, 0.15) is 5.75 Å². The summed E-state index contributed by atoms with van der Waals surface area (Å²) < 4.78 is 5.24. The second-order valence-corrected chi connectivity index (χ2v) is 6.03. The molecule has 0 spiro atoms. The Labute approximate surface area is 136 Å². The molecule has 0 saturated carbocycles. The van der Waals surface area contributed by atoms with Gasteiger partial charge >= 0.3 is 0 Å². The lowest BCUT2D eigenvalue weighted by atomic mass is 10.1. The molecule has 1 amide bonds. The summed E-state index contributed by atoms with van der Waals surface area (Å²) in [6.45, 7) is 3.68. The maximum atomic E-state index is 12.5. The summed E-state index contributed by atoms with van der Waals surface area (Å²) in [6, 6.07) is 8.00. The first-order valence-corrected chi connectivity index (χ1v) is 8.14. The Hall–Kier alpha value is -2.14. The summed E-state index contributed by atoms with van der Waals surface area (Å²) >= 11 is 0. The van der Waals surface area contributed by atoms with Gasteiger partial charge in [-0.1, -0.05) is 0 Å². The molecule has 2 N–H and O–H groups in total. The standard InChI is InChI=1S/C18H23N3O2/c1-12-10-16(15-6-5-14(23-2)11-17(15)21-12)18(22)20-9-7-13-4-3-8-19-13/h5-6,10-11,13,19H,3-4,7-9H2,1-2H3,(H,20,22)/t13-/m1/s1. The smallest absolute Gasteiger partial charge is 0.252 e. The maximum Gasteiger partial charge on any atom is 0.252 e. The second-order valence-electron chi connectivity index (χ2n) is 6.03. The van der Waals surface area contributed by atoms with Crippen LogP contribution in [0.4, 0.5) is 0 Å². The molecular weight excluding hydrogens is 290 g/mol. The second kappa shape index (κ2) is 6.96. The molecule has 1 aromatic heterocycles. The molecule has 1 atom stereocenters. The third-order valence-electron chi connectivity index (χ3n) is 4.33. The molecule has 3 rings (SSSR count). The molecule has 1 aliphatic heterocycles. The van der Waals surface area contributed by atoms with Gasteiger partial charge < -0.3 is 15.4 Å². The van der Waals surface area contributed by atoms with Gasteiger partial charge in [-0.2, -0.15) is 0 Å². The zero-order valence-corrected chi connectivity index (χ0v) is 13.7. The third-order valence-corrected chi connectivity index (χ3v) is 4.33. The van der Waals surface area contributed by atoms with Crippen molar-refractivity contribution in [3.63, 3.8) is 0 Å². The van der Waals surface area contributed by atoms with Gasteiger partial charge in [0.15, 0.2) is 0 Å². The number of hydrogen-bond acceptors (Lipinski definition) is 4. The molecule has 23 heavy (non-hydrogen) atoms. The molecular formula is C18H23N3O2. The van der Waals surface area contributed by atoms with Crippen molar-refractivity contribution < 1.29 is 9.53 Å². The van der Waals surface area contributed by atoms with Crippen LogP contribution in [0.5, 0.6) is 5.75 Å². The van der Waals surface area contributed by atoms with E-state index in [2.05, 4.69) is 15.6 Å². The Bertz CT molecular complexity index is 709. The number of hydrogen-bond donors (Lipinski definition) is 2. The summed E-state index contributed by atoms with van der Waals surface area (Å²) in [6.07, 6.45) is 3.41. The molecule has 2 aromatic rings. The van der Waals surface area contributed by atoms with Gasteiger partial charge in [0.25, 0.3) is 5.91 Å². The van der Waals surface area contributed by atoms with E-state index in [1.165, 1.54) is 12.8 Å². The number of nitrogens with zero attached hydrogens (tertiary/aromatic N) is 1. The van der Waals surface area contributed by atoms with Crippen molar-refractivity contribution in [2.45, 2.75) is 32.2 Å². The van der Waals surface area contributed by atoms with Crippen LogP contribution >= 0.6 is 0 Å². The summed E-state index contributed by atoms with van der Waals surface area (Å²) in [5, 5.41) is 7.34. The first-order chi connectivity index (χ1) is 11.2. The van der Waals surface area contributed by atoms with Gasteiger partial charge in [-0.05, 0) is 50.9 Å². The van der Waals surface area contributed by atoms with E-state index in [-0.39, 0.29) is 5.91 Å². The normalized spacial score (nSPS) is 17.4. The van der Waals surface area contributed by atoms with Crippen LogP contribution in [-0.4, -0.2) is 37.1 Å².